The van der Waals surface area contributed by atoms with Gasteiger partial charge in [0.15, 0.2) is 0 Å². The van der Waals surface area contributed by atoms with Crippen molar-refractivity contribution >= 4 is 17.0 Å². The lowest BCUT2D eigenvalue weighted by Crippen LogP contribution is -2.45. The minimum absolute atomic E-state index is 0.00278. The first kappa shape index (κ1) is 16.5. The van der Waals surface area contributed by atoms with Crippen molar-refractivity contribution in [2.24, 2.45) is 7.05 Å². The first-order valence-electron chi connectivity index (χ1n) is 8.80. The standard InChI is InChI=1S/C19H21N5O2/c1-13-11-20-19(21-12-13)23-9-7-14(8-10-23)24-16-6-4-3-5-15(16)22(2)17(25)18(24)26/h3-6,11-12,14H,7-10H2,1-2H3. The number of rotatable bonds is 2. The molecule has 0 N–H and O–H groups in total. The maximum atomic E-state index is 12.7. The molecule has 26 heavy (non-hydrogen) atoms. The number of hydrogen-bond donors (Lipinski definition) is 0. The third-order valence-corrected chi connectivity index (χ3v) is 5.09. The van der Waals surface area contributed by atoms with Gasteiger partial charge in [-0.05, 0) is 37.5 Å². The monoisotopic (exact) mass is 351 g/mol. The highest BCUT2D eigenvalue weighted by molar-refractivity contribution is 5.75. The van der Waals surface area contributed by atoms with Crippen LogP contribution in [0.25, 0.3) is 11.0 Å². The van der Waals surface area contributed by atoms with Crippen LogP contribution in [0.5, 0.6) is 0 Å². The van der Waals surface area contributed by atoms with Gasteiger partial charge in [0, 0.05) is 38.6 Å². The minimum atomic E-state index is -0.479. The molecule has 134 valence electrons. The van der Waals surface area contributed by atoms with Crippen molar-refractivity contribution in [1.82, 2.24) is 19.1 Å². The van der Waals surface area contributed by atoms with Gasteiger partial charge in [0.2, 0.25) is 5.95 Å². The molecule has 1 fully saturated rings. The molecule has 1 aliphatic heterocycles. The van der Waals surface area contributed by atoms with Gasteiger partial charge in [-0.25, -0.2) is 9.97 Å². The van der Waals surface area contributed by atoms with Crippen molar-refractivity contribution in [3.05, 3.63) is 62.9 Å². The molecule has 1 aliphatic rings. The van der Waals surface area contributed by atoms with Gasteiger partial charge in [-0.15, -0.1) is 0 Å². The highest BCUT2D eigenvalue weighted by Gasteiger charge is 2.25. The number of aryl methyl sites for hydroxylation is 2. The SMILES string of the molecule is Cc1cnc(N2CCC(n3c(=O)c(=O)n(C)c4ccccc43)CC2)nc1. The van der Waals surface area contributed by atoms with Crippen LogP contribution < -0.4 is 16.0 Å². The summed E-state index contributed by atoms with van der Waals surface area (Å²) in [7, 11) is 1.65. The molecule has 0 aliphatic carbocycles. The third kappa shape index (κ3) is 2.69. The molecule has 1 aromatic carbocycles. The van der Waals surface area contributed by atoms with Gasteiger partial charge in [-0.2, -0.15) is 0 Å². The quantitative estimate of drug-likeness (QED) is 0.656. The fourth-order valence-corrected chi connectivity index (χ4v) is 3.65. The van der Waals surface area contributed by atoms with Crippen LogP contribution in [0.1, 0.15) is 24.4 Å². The third-order valence-electron chi connectivity index (χ3n) is 5.09. The Kier molecular flexibility index (Phi) is 4.06. The number of para-hydroxylation sites is 2. The van der Waals surface area contributed by atoms with Gasteiger partial charge in [0.1, 0.15) is 0 Å². The molecule has 0 atom stereocenters. The number of aromatic nitrogens is 4. The predicted molar refractivity (Wildman–Crippen MR) is 101 cm³/mol. The number of benzene rings is 1. The summed E-state index contributed by atoms with van der Waals surface area (Å²) < 4.78 is 3.12. The van der Waals surface area contributed by atoms with Crippen molar-refractivity contribution in [2.45, 2.75) is 25.8 Å². The highest BCUT2D eigenvalue weighted by Crippen LogP contribution is 2.26. The second kappa shape index (κ2) is 6.40. The largest absolute Gasteiger partial charge is 0.341 e. The molecule has 0 radical (unpaired) electrons. The Morgan fingerprint density at radius 2 is 1.58 bits per heavy atom. The molecule has 0 bridgehead atoms. The summed E-state index contributed by atoms with van der Waals surface area (Å²) in [4.78, 5) is 35.9. The summed E-state index contributed by atoms with van der Waals surface area (Å²) >= 11 is 0. The lowest BCUT2D eigenvalue weighted by molar-refractivity contribution is 0.391. The molecule has 4 rings (SSSR count). The second-order valence-electron chi connectivity index (χ2n) is 6.81. The van der Waals surface area contributed by atoms with Gasteiger partial charge in [-0.3, -0.25) is 14.2 Å². The van der Waals surface area contributed by atoms with Gasteiger partial charge in [0.05, 0.1) is 11.0 Å². The van der Waals surface area contributed by atoms with Gasteiger partial charge >= 0.3 is 11.1 Å². The topological polar surface area (TPSA) is 73.0 Å². The predicted octanol–water partition coefficient (Wildman–Crippen LogP) is 1.64. The van der Waals surface area contributed by atoms with E-state index < -0.39 is 11.1 Å². The Bertz CT molecular complexity index is 1060. The van der Waals surface area contributed by atoms with E-state index in [0.29, 0.717) is 0 Å². The number of nitrogens with zero attached hydrogens (tertiary/aromatic N) is 5. The summed E-state index contributed by atoms with van der Waals surface area (Å²) in [6.45, 7) is 3.47. The Balaban J connectivity index is 1.67. The molecule has 3 aromatic rings. The van der Waals surface area contributed by atoms with Crippen molar-refractivity contribution in [1.29, 1.82) is 0 Å². The van der Waals surface area contributed by atoms with E-state index in [2.05, 4.69) is 14.9 Å². The Morgan fingerprint density at radius 3 is 2.23 bits per heavy atom. The normalized spacial score (nSPS) is 15.5. The number of hydrogen-bond acceptors (Lipinski definition) is 5. The Hall–Kier alpha value is -2.96. The van der Waals surface area contributed by atoms with Crippen molar-refractivity contribution in [3.63, 3.8) is 0 Å². The van der Waals surface area contributed by atoms with Crippen LogP contribution in [-0.4, -0.2) is 32.2 Å². The van der Waals surface area contributed by atoms with E-state index in [9.17, 15) is 9.59 Å². The van der Waals surface area contributed by atoms with Crippen LogP contribution in [0.4, 0.5) is 5.95 Å². The molecule has 2 aromatic heterocycles. The van der Waals surface area contributed by atoms with Gasteiger partial charge < -0.3 is 9.47 Å². The lowest BCUT2D eigenvalue weighted by Gasteiger charge is -2.33. The second-order valence-corrected chi connectivity index (χ2v) is 6.81. The van der Waals surface area contributed by atoms with Crippen LogP contribution in [0.3, 0.4) is 0 Å². The van der Waals surface area contributed by atoms with E-state index >= 15 is 0 Å². The molecule has 0 spiro atoms. The van der Waals surface area contributed by atoms with Gasteiger partial charge in [0.25, 0.3) is 0 Å². The summed E-state index contributed by atoms with van der Waals surface area (Å²) in [5, 5.41) is 0. The van der Waals surface area contributed by atoms with Crippen LogP contribution >= 0.6 is 0 Å². The molecular formula is C19H21N5O2. The maximum absolute atomic E-state index is 12.7. The lowest BCUT2D eigenvalue weighted by atomic mass is 10.0. The molecule has 0 amide bonds. The first-order chi connectivity index (χ1) is 12.6. The van der Waals surface area contributed by atoms with Crippen LogP contribution in [0, 0.1) is 6.92 Å². The zero-order valence-electron chi connectivity index (χ0n) is 14.9. The van der Waals surface area contributed by atoms with E-state index in [-0.39, 0.29) is 6.04 Å². The summed E-state index contributed by atoms with van der Waals surface area (Å²) in [6, 6.07) is 7.57. The molecule has 7 nitrogen and oxygen atoms in total. The van der Waals surface area contributed by atoms with E-state index in [4.69, 9.17) is 0 Å². The first-order valence-corrected chi connectivity index (χ1v) is 8.80. The van der Waals surface area contributed by atoms with E-state index in [0.717, 1.165) is 48.5 Å². The molecule has 3 heterocycles. The van der Waals surface area contributed by atoms with Crippen molar-refractivity contribution in [2.75, 3.05) is 18.0 Å². The zero-order valence-corrected chi connectivity index (χ0v) is 14.9. The zero-order chi connectivity index (χ0) is 18.3. The summed E-state index contributed by atoms with van der Waals surface area (Å²) in [5.41, 5.74) is 1.69. The smallest absolute Gasteiger partial charge is 0.317 e. The average Bonchev–Trinajstić information content (AvgIpc) is 2.68. The molecule has 0 saturated carbocycles. The van der Waals surface area contributed by atoms with Crippen molar-refractivity contribution in [3.8, 4) is 0 Å². The van der Waals surface area contributed by atoms with E-state index in [1.807, 2.05) is 43.6 Å². The molecule has 7 heteroatoms. The maximum Gasteiger partial charge on any atom is 0.317 e. The average molecular weight is 351 g/mol. The highest BCUT2D eigenvalue weighted by atomic mass is 16.2. The number of fused-ring (bicyclic) bond motifs is 1. The van der Waals surface area contributed by atoms with Crippen LogP contribution in [-0.2, 0) is 7.05 Å². The van der Waals surface area contributed by atoms with Crippen molar-refractivity contribution < 1.29 is 0 Å². The fraction of sp³-hybridized carbons (Fsp3) is 0.368. The van der Waals surface area contributed by atoms with Crippen LogP contribution in [0.15, 0.2) is 46.2 Å². The van der Waals surface area contributed by atoms with E-state index in [1.54, 1.807) is 11.6 Å². The number of anilines is 1. The summed E-state index contributed by atoms with van der Waals surface area (Å²) in [6.07, 6.45) is 5.17. The van der Waals surface area contributed by atoms with E-state index in [1.165, 1.54) is 4.57 Å². The fourth-order valence-electron chi connectivity index (χ4n) is 3.65. The minimum Gasteiger partial charge on any atom is -0.341 e. The molecule has 1 saturated heterocycles. The molecular weight excluding hydrogens is 330 g/mol. The Morgan fingerprint density at radius 1 is 0.962 bits per heavy atom. The Labute approximate surface area is 150 Å². The number of piperidine rings is 1. The summed E-state index contributed by atoms with van der Waals surface area (Å²) in [5.74, 6) is 0.718. The molecule has 0 unspecified atom stereocenters. The van der Waals surface area contributed by atoms with Gasteiger partial charge in [-0.1, -0.05) is 12.1 Å². The van der Waals surface area contributed by atoms with Crippen LogP contribution in [0.2, 0.25) is 0 Å².